The second-order valence-electron chi connectivity index (χ2n) is 4.71. The quantitative estimate of drug-likeness (QED) is 0.866. The average molecular weight is 369 g/mol. The van der Waals surface area contributed by atoms with Crippen molar-refractivity contribution in [3.8, 4) is 0 Å². The van der Waals surface area contributed by atoms with E-state index in [1.165, 1.54) is 6.07 Å². The van der Waals surface area contributed by atoms with Crippen LogP contribution in [0.25, 0.3) is 0 Å². The Kier molecular flexibility index (Phi) is 3.87. The van der Waals surface area contributed by atoms with E-state index in [0.717, 1.165) is 11.3 Å². The number of halogens is 3. The molecule has 6 heteroatoms. The van der Waals surface area contributed by atoms with Crippen LogP contribution >= 0.6 is 27.5 Å². The largest absolute Gasteiger partial charge is 0.369 e. The molecular formula is C15H12BrClFN3. The summed E-state index contributed by atoms with van der Waals surface area (Å²) in [5.41, 5.74) is 7.56. The minimum absolute atomic E-state index is 0.160. The Labute approximate surface area is 135 Å². The minimum Gasteiger partial charge on any atom is -0.369 e. The van der Waals surface area contributed by atoms with Crippen molar-refractivity contribution in [2.75, 3.05) is 11.4 Å². The fourth-order valence-corrected chi connectivity index (χ4v) is 2.88. The maximum Gasteiger partial charge on any atom is 0.196 e. The van der Waals surface area contributed by atoms with E-state index in [1.807, 2.05) is 29.2 Å². The van der Waals surface area contributed by atoms with Crippen LogP contribution in [0.2, 0.25) is 5.02 Å². The lowest BCUT2D eigenvalue weighted by Crippen LogP contribution is -2.36. The molecular weight excluding hydrogens is 357 g/mol. The van der Waals surface area contributed by atoms with Gasteiger partial charge in [-0.25, -0.2) is 4.39 Å². The molecule has 1 heterocycles. The Balaban J connectivity index is 2.03. The predicted molar refractivity (Wildman–Crippen MR) is 87.3 cm³/mol. The molecule has 1 aliphatic heterocycles. The van der Waals surface area contributed by atoms with Crippen LogP contribution in [0.4, 0.5) is 10.1 Å². The molecule has 0 saturated heterocycles. The fraction of sp³-hybridized carbons (Fsp3) is 0.133. The summed E-state index contributed by atoms with van der Waals surface area (Å²) in [7, 11) is 0. The summed E-state index contributed by atoms with van der Waals surface area (Å²) in [5.74, 6) is 0.0773. The zero-order chi connectivity index (χ0) is 15.0. The first-order valence-corrected chi connectivity index (χ1v) is 7.53. The number of rotatable bonds is 2. The van der Waals surface area contributed by atoms with Crippen LogP contribution in [0, 0.1) is 5.82 Å². The lowest BCUT2D eigenvalue weighted by molar-refractivity contribution is 0.615. The molecule has 1 atom stereocenters. The van der Waals surface area contributed by atoms with E-state index >= 15 is 0 Å². The van der Waals surface area contributed by atoms with E-state index in [2.05, 4.69) is 20.9 Å². The van der Waals surface area contributed by atoms with Crippen LogP contribution in [0.15, 0.2) is 51.9 Å². The third kappa shape index (κ3) is 2.63. The number of nitrogens with zero attached hydrogens (tertiary/aromatic N) is 2. The highest BCUT2D eigenvalue weighted by Crippen LogP contribution is 2.36. The summed E-state index contributed by atoms with van der Waals surface area (Å²) in [6.45, 7) is 0.470. The standard InChI is InChI=1S/C15H12BrClFN3/c16-10-6-5-9(7-12(10)18)14-8-20-15(19)21(14)13-4-2-1-3-11(13)17/h1-7,14H,8H2,(H2,19,20). The Bertz CT molecular complexity index is 720. The third-order valence-corrected chi connectivity index (χ3v) is 4.39. The zero-order valence-corrected chi connectivity index (χ0v) is 13.3. The van der Waals surface area contributed by atoms with Gasteiger partial charge in [0.1, 0.15) is 5.82 Å². The van der Waals surface area contributed by atoms with Gasteiger partial charge in [0.05, 0.1) is 27.8 Å². The molecule has 0 bridgehead atoms. The van der Waals surface area contributed by atoms with Crippen molar-refractivity contribution in [2.24, 2.45) is 10.7 Å². The van der Waals surface area contributed by atoms with E-state index in [1.54, 1.807) is 12.1 Å². The molecule has 2 aromatic rings. The molecule has 0 aromatic heterocycles. The predicted octanol–water partition coefficient (Wildman–Crippen LogP) is 4.12. The van der Waals surface area contributed by atoms with Crippen LogP contribution in [0.1, 0.15) is 11.6 Å². The Morgan fingerprint density at radius 2 is 2.05 bits per heavy atom. The van der Waals surface area contributed by atoms with Crippen molar-refractivity contribution < 1.29 is 4.39 Å². The fourth-order valence-electron chi connectivity index (χ4n) is 2.41. The summed E-state index contributed by atoms with van der Waals surface area (Å²) >= 11 is 9.40. The Morgan fingerprint density at radius 1 is 1.29 bits per heavy atom. The van der Waals surface area contributed by atoms with E-state index < -0.39 is 0 Å². The van der Waals surface area contributed by atoms with E-state index in [4.69, 9.17) is 17.3 Å². The SMILES string of the molecule is NC1=NCC(c2ccc(Br)c(F)c2)N1c1ccccc1Cl. The minimum atomic E-state index is -0.308. The van der Waals surface area contributed by atoms with Crippen LogP contribution in [0.3, 0.4) is 0 Å². The van der Waals surface area contributed by atoms with Gasteiger partial charge in [-0.05, 0) is 45.8 Å². The monoisotopic (exact) mass is 367 g/mol. The van der Waals surface area contributed by atoms with E-state index in [-0.39, 0.29) is 11.9 Å². The van der Waals surface area contributed by atoms with Crippen molar-refractivity contribution in [3.63, 3.8) is 0 Å². The van der Waals surface area contributed by atoms with Crippen molar-refractivity contribution in [2.45, 2.75) is 6.04 Å². The topological polar surface area (TPSA) is 41.6 Å². The molecule has 1 aliphatic rings. The molecule has 0 fully saturated rings. The summed E-state index contributed by atoms with van der Waals surface area (Å²) in [6, 6.07) is 12.3. The highest BCUT2D eigenvalue weighted by atomic mass is 79.9. The number of nitrogens with two attached hydrogens (primary N) is 1. The maximum atomic E-state index is 13.8. The number of benzene rings is 2. The summed E-state index contributed by atoms with van der Waals surface area (Å²) < 4.78 is 14.2. The lowest BCUT2D eigenvalue weighted by Gasteiger charge is -2.27. The number of anilines is 1. The van der Waals surface area contributed by atoms with Crippen molar-refractivity contribution >= 4 is 39.2 Å². The molecule has 0 radical (unpaired) electrons. The molecule has 0 saturated carbocycles. The highest BCUT2D eigenvalue weighted by Gasteiger charge is 2.30. The number of hydrogen-bond donors (Lipinski definition) is 1. The Hall–Kier alpha value is -1.59. The van der Waals surface area contributed by atoms with Gasteiger partial charge < -0.3 is 10.6 Å². The van der Waals surface area contributed by atoms with Gasteiger partial charge in [0.2, 0.25) is 0 Å². The molecule has 2 N–H and O–H groups in total. The first-order valence-electron chi connectivity index (χ1n) is 6.36. The van der Waals surface area contributed by atoms with Gasteiger partial charge in [-0.3, -0.25) is 4.99 Å². The van der Waals surface area contributed by atoms with Gasteiger partial charge in [0, 0.05) is 0 Å². The van der Waals surface area contributed by atoms with Crippen LogP contribution < -0.4 is 10.6 Å². The van der Waals surface area contributed by atoms with E-state index in [9.17, 15) is 4.39 Å². The smallest absolute Gasteiger partial charge is 0.196 e. The van der Waals surface area contributed by atoms with Gasteiger partial charge in [-0.1, -0.05) is 29.8 Å². The number of para-hydroxylation sites is 1. The van der Waals surface area contributed by atoms with Gasteiger partial charge in [0.15, 0.2) is 5.96 Å². The summed E-state index contributed by atoms with van der Waals surface area (Å²) in [4.78, 5) is 6.11. The van der Waals surface area contributed by atoms with Crippen LogP contribution in [0.5, 0.6) is 0 Å². The highest BCUT2D eigenvalue weighted by molar-refractivity contribution is 9.10. The number of hydrogen-bond acceptors (Lipinski definition) is 3. The van der Waals surface area contributed by atoms with Gasteiger partial charge in [-0.2, -0.15) is 0 Å². The van der Waals surface area contributed by atoms with E-state index in [0.29, 0.717) is 22.0 Å². The molecule has 1 unspecified atom stereocenters. The molecule has 3 nitrogen and oxygen atoms in total. The molecule has 21 heavy (non-hydrogen) atoms. The first-order chi connectivity index (χ1) is 10.1. The van der Waals surface area contributed by atoms with Crippen molar-refractivity contribution in [1.82, 2.24) is 0 Å². The molecule has 0 amide bonds. The summed E-state index contributed by atoms with van der Waals surface area (Å²) in [5, 5.41) is 0.583. The van der Waals surface area contributed by atoms with Crippen molar-refractivity contribution in [1.29, 1.82) is 0 Å². The third-order valence-electron chi connectivity index (χ3n) is 3.43. The number of aliphatic imine (C=N–C) groups is 1. The van der Waals surface area contributed by atoms with Crippen LogP contribution in [-0.4, -0.2) is 12.5 Å². The van der Waals surface area contributed by atoms with Crippen molar-refractivity contribution in [3.05, 3.63) is 63.3 Å². The summed E-state index contributed by atoms with van der Waals surface area (Å²) in [6.07, 6.45) is 0. The van der Waals surface area contributed by atoms with Gasteiger partial charge in [-0.15, -0.1) is 0 Å². The second-order valence-corrected chi connectivity index (χ2v) is 5.97. The maximum absolute atomic E-state index is 13.8. The van der Waals surface area contributed by atoms with Gasteiger partial charge in [0.25, 0.3) is 0 Å². The normalized spacial score (nSPS) is 18.0. The second kappa shape index (κ2) is 5.66. The first kappa shape index (κ1) is 14.4. The molecule has 108 valence electrons. The molecule has 2 aromatic carbocycles. The number of guanidine groups is 1. The molecule has 0 spiro atoms. The molecule has 3 rings (SSSR count). The van der Waals surface area contributed by atoms with Crippen LogP contribution in [-0.2, 0) is 0 Å². The average Bonchev–Trinajstić information content (AvgIpc) is 2.84. The Morgan fingerprint density at radius 3 is 2.76 bits per heavy atom. The zero-order valence-electron chi connectivity index (χ0n) is 10.9. The lowest BCUT2D eigenvalue weighted by atomic mass is 10.1. The molecule has 0 aliphatic carbocycles. The van der Waals surface area contributed by atoms with Gasteiger partial charge >= 0.3 is 0 Å².